The lowest BCUT2D eigenvalue weighted by Crippen LogP contribution is -2.33. The summed E-state index contributed by atoms with van der Waals surface area (Å²) in [7, 11) is 3.80. The summed E-state index contributed by atoms with van der Waals surface area (Å²) in [6.07, 6.45) is 2.78. The number of imidazole rings is 1. The van der Waals surface area contributed by atoms with E-state index in [1.165, 1.54) is 5.56 Å². The van der Waals surface area contributed by atoms with Crippen LogP contribution in [0.1, 0.15) is 27.6 Å². The summed E-state index contributed by atoms with van der Waals surface area (Å²) in [6.45, 7) is 4.01. The third-order valence-corrected chi connectivity index (χ3v) is 4.94. The Kier molecular flexibility index (Phi) is 7.21. The number of fused-ring (bicyclic) bond motifs is 1. The van der Waals surface area contributed by atoms with Crippen LogP contribution in [-0.4, -0.2) is 58.5 Å². The van der Waals surface area contributed by atoms with E-state index < -0.39 is 12.1 Å². The number of rotatable bonds is 5. The number of halogens is 3. The molecule has 1 aliphatic rings. The zero-order valence-corrected chi connectivity index (χ0v) is 18.1. The van der Waals surface area contributed by atoms with E-state index in [1.54, 1.807) is 0 Å². The van der Waals surface area contributed by atoms with Crippen LogP contribution in [0.3, 0.4) is 0 Å². The summed E-state index contributed by atoms with van der Waals surface area (Å²) in [5, 5.41) is 14.3. The summed E-state index contributed by atoms with van der Waals surface area (Å²) >= 11 is 0. The molecule has 3 aromatic rings. The lowest BCUT2D eigenvalue weighted by Gasteiger charge is -2.26. The normalized spacial score (nSPS) is 13.7. The summed E-state index contributed by atoms with van der Waals surface area (Å²) in [5.41, 5.74) is 2.75. The number of aromatic nitrogens is 5. The van der Waals surface area contributed by atoms with Gasteiger partial charge in [0.05, 0.1) is 25.0 Å². The monoisotopic (exact) mass is 467 g/mol. The van der Waals surface area contributed by atoms with Gasteiger partial charge in [0.2, 0.25) is 0 Å². The number of carbonyl (C=O) groups excluding carboxylic acids is 1. The van der Waals surface area contributed by atoms with Gasteiger partial charge in [0.25, 0.3) is 5.91 Å². The van der Waals surface area contributed by atoms with E-state index in [0.717, 1.165) is 37.7 Å². The zero-order chi connectivity index (χ0) is 24.2. The van der Waals surface area contributed by atoms with E-state index in [2.05, 4.69) is 19.9 Å². The molecule has 0 radical (unpaired) electrons. The fraction of sp³-hybridized carbons (Fsp3) is 0.400. The number of nitrogens with zero attached hydrogens (tertiary/aromatic N) is 6. The standard InChI is InChI=1S/C18H23N7O.C2HF3O2/c1-22-5-3-4-16(22)18(26)19-9-15-12-25-7-6-24(13-17(25)21-15)11-14-8-20-23(2)10-14;3-2(4,5)1(6)7/h3-5,8,10,12H,6-7,9,11,13H2,1-2H3,(H,19,26);(H,6,7). The molecule has 13 heteroatoms. The molecule has 178 valence electrons. The first-order chi connectivity index (χ1) is 15.5. The predicted molar refractivity (Wildman–Crippen MR) is 110 cm³/mol. The molecular weight excluding hydrogens is 443 g/mol. The summed E-state index contributed by atoms with van der Waals surface area (Å²) in [6, 6.07) is 3.67. The molecule has 0 saturated heterocycles. The number of carboxylic acid groups (broad SMARTS) is 1. The number of hydrogen-bond acceptors (Lipinski definition) is 5. The Morgan fingerprint density at radius 2 is 1.94 bits per heavy atom. The summed E-state index contributed by atoms with van der Waals surface area (Å²) in [4.78, 5) is 28.2. The van der Waals surface area contributed by atoms with Gasteiger partial charge in [0.1, 0.15) is 11.5 Å². The third kappa shape index (κ3) is 6.44. The van der Waals surface area contributed by atoms with Crippen LogP contribution >= 0.6 is 0 Å². The topological polar surface area (TPSA) is 110 Å². The maximum atomic E-state index is 12.2. The van der Waals surface area contributed by atoms with Crippen molar-refractivity contribution in [1.29, 1.82) is 0 Å². The number of aryl methyl sites for hydroxylation is 2. The molecule has 0 unspecified atom stereocenters. The summed E-state index contributed by atoms with van der Waals surface area (Å²) in [5.74, 6) is -1.79. The molecule has 0 atom stereocenters. The number of carboxylic acids is 1. The maximum absolute atomic E-state index is 12.2. The number of aliphatic carboxylic acids is 1. The van der Waals surface area contributed by atoms with Crippen LogP contribution in [0.5, 0.6) is 0 Å². The Hall–Kier alpha value is -3.61. The van der Waals surface area contributed by atoms with Crippen LogP contribution < -0.4 is 5.32 Å². The highest BCUT2D eigenvalue weighted by molar-refractivity contribution is 5.92. The first kappa shape index (κ1) is 24.0. The SMILES string of the molecule is Cn1cc(CN2CCn3cc(CNC(=O)c4cccn4C)nc3C2)cn1.O=C(O)C(F)(F)F. The average Bonchev–Trinajstić information content (AvgIpc) is 3.45. The van der Waals surface area contributed by atoms with Crippen molar-refractivity contribution in [3.05, 3.63) is 59.7 Å². The zero-order valence-electron chi connectivity index (χ0n) is 18.1. The van der Waals surface area contributed by atoms with Crippen molar-refractivity contribution in [2.24, 2.45) is 14.1 Å². The molecule has 0 spiro atoms. The molecule has 3 aromatic heterocycles. The van der Waals surface area contributed by atoms with Crippen molar-refractivity contribution in [3.8, 4) is 0 Å². The predicted octanol–water partition coefficient (Wildman–Crippen LogP) is 1.53. The molecule has 4 heterocycles. The Bertz CT molecular complexity index is 1120. The van der Waals surface area contributed by atoms with Gasteiger partial charge in [-0.05, 0) is 12.1 Å². The molecule has 1 amide bonds. The number of hydrogen-bond donors (Lipinski definition) is 2. The highest BCUT2D eigenvalue weighted by Gasteiger charge is 2.38. The van der Waals surface area contributed by atoms with Crippen molar-refractivity contribution < 1.29 is 27.9 Å². The lowest BCUT2D eigenvalue weighted by atomic mass is 10.3. The first-order valence-electron chi connectivity index (χ1n) is 9.97. The Morgan fingerprint density at radius 1 is 1.21 bits per heavy atom. The van der Waals surface area contributed by atoms with Gasteiger partial charge in [-0.15, -0.1) is 0 Å². The largest absolute Gasteiger partial charge is 0.490 e. The van der Waals surface area contributed by atoms with Gasteiger partial charge in [0, 0.05) is 57.9 Å². The molecular formula is C20H24F3N7O3. The maximum Gasteiger partial charge on any atom is 0.490 e. The first-order valence-corrected chi connectivity index (χ1v) is 9.97. The number of nitrogens with one attached hydrogen (secondary N) is 1. The van der Waals surface area contributed by atoms with E-state index in [4.69, 9.17) is 14.9 Å². The molecule has 0 fully saturated rings. The van der Waals surface area contributed by atoms with Crippen LogP contribution in [0.25, 0.3) is 0 Å². The van der Waals surface area contributed by atoms with Crippen molar-refractivity contribution in [1.82, 2.24) is 34.1 Å². The van der Waals surface area contributed by atoms with Gasteiger partial charge in [-0.2, -0.15) is 18.3 Å². The quantitative estimate of drug-likeness (QED) is 0.589. The van der Waals surface area contributed by atoms with Crippen LogP contribution in [0, 0.1) is 0 Å². The highest BCUT2D eigenvalue weighted by atomic mass is 19.4. The fourth-order valence-corrected chi connectivity index (χ4v) is 3.35. The van der Waals surface area contributed by atoms with Crippen LogP contribution in [-0.2, 0) is 45.1 Å². The highest BCUT2D eigenvalue weighted by Crippen LogP contribution is 2.16. The van der Waals surface area contributed by atoms with E-state index in [0.29, 0.717) is 12.2 Å². The Labute approximate surface area is 187 Å². The third-order valence-electron chi connectivity index (χ3n) is 4.94. The average molecular weight is 467 g/mol. The van der Waals surface area contributed by atoms with Gasteiger partial charge in [-0.3, -0.25) is 14.4 Å². The second-order valence-corrected chi connectivity index (χ2v) is 7.56. The van der Waals surface area contributed by atoms with E-state index >= 15 is 0 Å². The minimum absolute atomic E-state index is 0.0818. The number of carbonyl (C=O) groups is 2. The molecule has 33 heavy (non-hydrogen) atoms. The van der Waals surface area contributed by atoms with Crippen LogP contribution in [0.15, 0.2) is 36.9 Å². The number of alkyl halides is 3. The Balaban J connectivity index is 0.000000383. The van der Waals surface area contributed by atoms with Gasteiger partial charge in [0.15, 0.2) is 0 Å². The van der Waals surface area contributed by atoms with Crippen molar-refractivity contribution >= 4 is 11.9 Å². The van der Waals surface area contributed by atoms with Crippen molar-refractivity contribution in [3.63, 3.8) is 0 Å². The van der Waals surface area contributed by atoms with E-state index in [9.17, 15) is 18.0 Å². The van der Waals surface area contributed by atoms with Crippen LogP contribution in [0.4, 0.5) is 13.2 Å². The molecule has 10 nitrogen and oxygen atoms in total. The van der Waals surface area contributed by atoms with Crippen molar-refractivity contribution in [2.75, 3.05) is 6.54 Å². The fourth-order valence-electron chi connectivity index (χ4n) is 3.35. The lowest BCUT2D eigenvalue weighted by molar-refractivity contribution is -0.192. The minimum Gasteiger partial charge on any atom is -0.475 e. The second kappa shape index (κ2) is 9.90. The molecule has 1 aliphatic heterocycles. The molecule has 2 N–H and O–H groups in total. The molecule has 0 aromatic carbocycles. The second-order valence-electron chi connectivity index (χ2n) is 7.56. The smallest absolute Gasteiger partial charge is 0.475 e. The van der Waals surface area contributed by atoms with Gasteiger partial charge in [-0.1, -0.05) is 0 Å². The molecule has 0 bridgehead atoms. The van der Waals surface area contributed by atoms with Crippen LogP contribution in [0.2, 0.25) is 0 Å². The molecule has 4 rings (SSSR count). The molecule has 0 saturated carbocycles. The van der Waals surface area contributed by atoms with E-state index in [1.807, 2.05) is 60.3 Å². The van der Waals surface area contributed by atoms with E-state index in [-0.39, 0.29) is 5.91 Å². The van der Waals surface area contributed by atoms with Gasteiger partial charge >= 0.3 is 12.1 Å². The Morgan fingerprint density at radius 3 is 2.52 bits per heavy atom. The van der Waals surface area contributed by atoms with Gasteiger partial charge < -0.3 is 19.6 Å². The summed E-state index contributed by atoms with van der Waals surface area (Å²) < 4.78 is 37.6. The minimum atomic E-state index is -5.08. The number of amides is 1. The molecule has 0 aliphatic carbocycles. The van der Waals surface area contributed by atoms with Crippen molar-refractivity contribution in [2.45, 2.75) is 32.4 Å². The van der Waals surface area contributed by atoms with Gasteiger partial charge in [-0.25, -0.2) is 9.78 Å².